The van der Waals surface area contributed by atoms with Crippen molar-refractivity contribution in [3.8, 4) is 0 Å². The van der Waals surface area contributed by atoms with E-state index in [-0.39, 0.29) is 11.8 Å². The molecule has 0 N–H and O–H groups in total. The predicted octanol–water partition coefficient (Wildman–Crippen LogP) is 3.76. The van der Waals surface area contributed by atoms with Gasteiger partial charge in [0.05, 0.1) is 23.3 Å². The van der Waals surface area contributed by atoms with Gasteiger partial charge in [-0.05, 0) is 0 Å². The molecule has 2 bridgehead atoms. The van der Waals surface area contributed by atoms with Crippen molar-refractivity contribution >= 4 is 46.4 Å². The van der Waals surface area contributed by atoms with Crippen LogP contribution in [-0.2, 0) is 9.47 Å². The highest BCUT2D eigenvalue weighted by molar-refractivity contribution is 6.52. The Morgan fingerprint density at radius 2 is 1.32 bits per heavy atom. The lowest BCUT2D eigenvalue weighted by molar-refractivity contribution is -0.171. The highest BCUT2D eigenvalue weighted by Crippen LogP contribution is 2.75. The molecule has 0 unspecified atom stereocenters. The Labute approximate surface area is 130 Å². The van der Waals surface area contributed by atoms with E-state index in [1.165, 1.54) is 0 Å². The first-order valence-electron chi connectivity index (χ1n) is 6.07. The number of halogens is 4. The van der Waals surface area contributed by atoms with Gasteiger partial charge in [0.15, 0.2) is 0 Å². The molecule has 1 aliphatic heterocycles. The number of fused-ring (bicyclic) bond motifs is 3. The lowest BCUT2D eigenvalue weighted by atomic mass is 9.79. The summed E-state index contributed by atoms with van der Waals surface area (Å²) in [5.74, 6) is -1.37. The largest absolute Gasteiger partial charge is 0.344 e. The van der Waals surface area contributed by atoms with Crippen LogP contribution in [0.1, 0.15) is 0 Å². The molecule has 4 aliphatic rings. The van der Waals surface area contributed by atoms with Crippen LogP contribution in [-0.4, -0.2) is 28.7 Å². The highest BCUT2D eigenvalue weighted by atomic mass is 35.5. The fourth-order valence-corrected chi connectivity index (χ4v) is 5.87. The molecule has 0 aromatic carbocycles. The van der Waals surface area contributed by atoms with Gasteiger partial charge in [0.2, 0.25) is 5.79 Å². The predicted molar refractivity (Wildman–Crippen MR) is 75.8 cm³/mol. The zero-order valence-corrected chi connectivity index (χ0v) is 12.7. The summed E-state index contributed by atoms with van der Waals surface area (Å²) in [4.78, 5) is -2.12. The Morgan fingerprint density at radius 3 is 1.74 bits per heavy atom. The molecule has 1 spiro atoms. The molecule has 4 atom stereocenters. The Hall–Kier alpha value is 0.300. The summed E-state index contributed by atoms with van der Waals surface area (Å²) in [6.45, 7) is 0.869. The van der Waals surface area contributed by atoms with Crippen molar-refractivity contribution in [1.82, 2.24) is 0 Å². The Kier molecular flexibility index (Phi) is 2.55. The van der Waals surface area contributed by atoms with Gasteiger partial charge in [-0.3, -0.25) is 0 Å². The summed E-state index contributed by atoms with van der Waals surface area (Å²) in [5, 5.41) is 0.683. The fourth-order valence-electron chi connectivity index (χ4n) is 3.80. The molecule has 0 aromatic rings. The second-order valence-electron chi connectivity index (χ2n) is 5.19. The fraction of sp³-hybridized carbons (Fsp3) is 0.538. The zero-order chi connectivity index (χ0) is 13.5. The third-order valence-corrected chi connectivity index (χ3v) is 7.18. The number of hydrogen-bond donors (Lipinski definition) is 0. The smallest absolute Gasteiger partial charge is 0.219 e. The standard InChI is InChI=1S/C13H10Cl4O2/c14-9-10(15)12(17)8-4-2-1-3-7(8)11(9,16)13(12)18-5-6-19-13/h1-4,7-8H,5-6H2/t7-,8-,11-,12-/m0/s1. The van der Waals surface area contributed by atoms with E-state index in [1.54, 1.807) is 0 Å². The number of ether oxygens (including phenoxy) is 2. The molecule has 1 heterocycles. The van der Waals surface area contributed by atoms with E-state index in [4.69, 9.17) is 55.9 Å². The summed E-state index contributed by atoms with van der Waals surface area (Å²) >= 11 is 26.5. The van der Waals surface area contributed by atoms with Crippen LogP contribution in [0.3, 0.4) is 0 Å². The van der Waals surface area contributed by atoms with Crippen molar-refractivity contribution in [2.24, 2.45) is 11.8 Å². The normalized spacial score (nSPS) is 49.5. The van der Waals surface area contributed by atoms with E-state index < -0.39 is 15.5 Å². The van der Waals surface area contributed by atoms with E-state index >= 15 is 0 Å². The van der Waals surface area contributed by atoms with Crippen molar-refractivity contribution < 1.29 is 9.47 Å². The SMILES string of the molecule is ClC1=C(Cl)[C@@]2(Cl)[C@H]3C=CC=C[C@@H]3[C@@]1(Cl)C21OCCO1. The number of hydrogen-bond acceptors (Lipinski definition) is 2. The Balaban J connectivity index is 2.03. The molecule has 19 heavy (non-hydrogen) atoms. The van der Waals surface area contributed by atoms with Crippen LogP contribution < -0.4 is 0 Å². The van der Waals surface area contributed by atoms with E-state index in [1.807, 2.05) is 24.3 Å². The number of allylic oxidation sites excluding steroid dienone is 4. The van der Waals surface area contributed by atoms with Crippen LogP contribution in [0.25, 0.3) is 0 Å². The van der Waals surface area contributed by atoms with Gasteiger partial charge in [0.25, 0.3) is 0 Å². The molecule has 1 saturated heterocycles. The molecule has 0 amide bonds. The summed E-state index contributed by atoms with van der Waals surface area (Å²) in [6.07, 6.45) is 7.88. The van der Waals surface area contributed by atoms with Gasteiger partial charge < -0.3 is 9.47 Å². The molecule has 2 fully saturated rings. The van der Waals surface area contributed by atoms with E-state index in [2.05, 4.69) is 0 Å². The van der Waals surface area contributed by atoms with Gasteiger partial charge in [0, 0.05) is 11.8 Å². The molecule has 0 aromatic heterocycles. The second-order valence-corrected chi connectivity index (χ2v) is 7.13. The highest BCUT2D eigenvalue weighted by Gasteiger charge is 2.85. The maximum Gasteiger partial charge on any atom is 0.219 e. The van der Waals surface area contributed by atoms with E-state index in [0.717, 1.165) is 0 Å². The molecule has 0 radical (unpaired) electrons. The third kappa shape index (κ3) is 1.11. The molecular formula is C13H10Cl4O2. The van der Waals surface area contributed by atoms with E-state index in [0.29, 0.717) is 23.3 Å². The molecule has 3 aliphatic carbocycles. The van der Waals surface area contributed by atoms with Gasteiger partial charge in [0.1, 0.15) is 9.75 Å². The zero-order valence-electron chi connectivity index (χ0n) is 9.71. The maximum absolute atomic E-state index is 6.87. The van der Waals surface area contributed by atoms with Gasteiger partial charge in [-0.25, -0.2) is 0 Å². The lowest BCUT2D eigenvalue weighted by Gasteiger charge is -2.38. The molecule has 102 valence electrons. The molecule has 4 rings (SSSR count). The van der Waals surface area contributed by atoms with Crippen LogP contribution >= 0.6 is 46.4 Å². The average Bonchev–Trinajstić information content (AvgIpc) is 3.02. The first kappa shape index (κ1) is 13.0. The van der Waals surface area contributed by atoms with Crippen molar-refractivity contribution in [3.63, 3.8) is 0 Å². The lowest BCUT2D eigenvalue weighted by Crippen LogP contribution is -2.55. The first-order valence-corrected chi connectivity index (χ1v) is 7.58. The third-order valence-electron chi connectivity index (χ3n) is 4.54. The Bertz CT molecular complexity index is 507. The van der Waals surface area contributed by atoms with Crippen molar-refractivity contribution in [1.29, 1.82) is 0 Å². The quantitative estimate of drug-likeness (QED) is 0.625. The van der Waals surface area contributed by atoms with Crippen LogP contribution in [0.2, 0.25) is 0 Å². The molecular weight excluding hydrogens is 330 g/mol. The molecule has 6 heteroatoms. The first-order chi connectivity index (χ1) is 9.00. The van der Waals surface area contributed by atoms with Crippen LogP contribution in [0, 0.1) is 11.8 Å². The van der Waals surface area contributed by atoms with Crippen molar-refractivity contribution in [3.05, 3.63) is 34.4 Å². The topological polar surface area (TPSA) is 18.5 Å². The van der Waals surface area contributed by atoms with Crippen molar-refractivity contribution in [2.45, 2.75) is 15.5 Å². The summed E-state index contributed by atoms with van der Waals surface area (Å²) < 4.78 is 11.7. The minimum Gasteiger partial charge on any atom is -0.344 e. The van der Waals surface area contributed by atoms with Crippen molar-refractivity contribution in [2.75, 3.05) is 13.2 Å². The number of rotatable bonds is 0. The van der Waals surface area contributed by atoms with Crippen LogP contribution in [0.15, 0.2) is 34.4 Å². The number of alkyl halides is 2. The summed E-state index contributed by atoms with van der Waals surface area (Å²) in [7, 11) is 0. The minimum absolute atomic E-state index is 0.0928. The Morgan fingerprint density at radius 1 is 0.895 bits per heavy atom. The minimum atomic E-state index is -1.19. The molecule has 1 saturated carbocycles. The molecule has 2 nitrogen and oxygen atoms in total. The van der Waals surface area contributed by atoms with Crippen LogP contribution in [0.5, 0.6) is 0 Å². The summed E-state index contributed by atoms with van der Waals surface area (Å²) in [5.41, 5.74) is 0. The maximum atomic E-state index is 6.87. The van der Waals surface area contributed by atoms with Gasteiger partial charge in [-0.15, -0.1) is 23.2 Å². The van der Waals surface area contributed by atoms with E-state index in [9.17, 15) is 0 Å². The van der Waals surface area contributed by atoms with Crippen LogP contribution in [0.4, 0.5) is 0 Å². The average molecular weight is 340 g/mol. The monoisotopic (exact) mass is 338 g/mol. The second kappa shape index (κ2) is 3.73. The van der Waals surface area contributed by atoms with Gasteiger partial charge in [-0.1, -0.05) is 47.5 Å². The van der Waals surface area contributed by atoms with Gasteiger partial charge >= 0.3 is 0 Å². The van der Waals surface area contributed by atoms with Gasteiger partial charge in [-0.2, -0.15) is 0 Å². The summed E-state index contributed by atoms with van der Waals surface area (Å²) in [6, 6.07) is 0.